The molecule has 1 aromatic rings. The SMILES string of the molecule is Cc1cc(NC2(CO)CCOCC2)nc(C)n1. The number of rotatable bonds is 3. The molecule has 2 rings (SSSR count). The number of aryl methyl sites for hydroxylation is 2. The van der Waals surface area contributed by atoms with Crippen LogP contribution in [0.4, 0.5) is 5.82 Å². The first-order chi connectivity index (χ1) is 8.13. The lowest BCUT2D eigenvalue weighted by Crippen LogP contribution is -2.47. The molecule has 1 aromatic heterocycles. The summed E-state index contributed by atoms with van der Waals surface area (Å²) >= 11 is 0. The van der Waals surface area contributed by atoms with E-state index in [4.69, 9.17) is 4.74 Å². The highest BCUT2D eigenvalue weighted by atomic mass is 16.5. The van der Waals surface area contributed by atoms with Crippen molar-refractivity contribution in [3.8, 4) is 0 Å². The first-order valence-electron chi connectivity index (χ1n) is 5.93. The highest BCUT2D eigenvalue weighted by molar-refractivity contribution is 5.39. The van der Waals surface area contributed by atoms with Crippen LogP contribution in [-0.4, -0.2) is 40.4 Å². The first kappa shape index (κ1) is 12.3. The van der Waals surface area contributed by atoms with Crippen LogP contribution in [0.15, 0.2) is 6.07 Å². The Morgan fingerprint density at radius 3 is 2.65 bits per heavy atom. The van der Waals surface area contributed by atoms with Gasteiger partial charge < -0.3 is 15.2 Å². The highest BCUT2D eigenvalue weighted by Crippen LogP contribution is 2.24. The maximum atomic E-state index is 9.58. The number of aromatic nitrogens is 2. The molecular formula is C12H19N3O2. The summed E-state index contributed by atoms with van der Waals surface area (Å²) in [6.07, 6.45) is 1.59. The molecule has 0 spiro atoms. The Kier molecular flexibility index (Phi) is 3.59. The lowest BCUT2D eigenvalue weighted by atomic mass is 9.91. The molecule has 5 heteroatoms. The molecule has 0 bridgehead atoms. The van der Waals surface area contributed by atoms with Crippen LogP contribution in [0.25, 0.3) is 0 Å². The molecule has 0 unspecified atom stereocenters. The summed E-state index contributed by atoms with van der Waals surface area (Å²) in [6.45, 7) is 5.26. The van der Waals surface area contributed by atoms with E-state index in [1.807, 2.05) is 19.9 Å². The van der Waals surface area contributed by atoms with E-state index in [2.05, 4.69) is 15.3 Å². The van der Waals surface area contributed by atoms with Crippen molar-refractivity contribution in [1.29, 1.82) is 0 Å². The van der Waals surface area contributed by atoms with E-state index in [-0.39, 0.29) is 12.1 Å². The largest absolute Gasteiger partial charge is 0.394 e. The molecular weight excluding hydrogens is 218 g/mol. The second-order valence-corrected chi connectivity index (χ2v) is 4.62. The van der Waals surface area contributed by atoms with Crippen molar-refractivity contribution in [3.63, 3.8) is 0 Å². The second-order valence-electron chi connectivity index (χ2n) is 4.62. The molecule has 17 heavy (non-hydrogen) atoms. The number of aliphatic hydroxyl groups is 1. The van der Waals surface area contributed by atoms with Crippen molar-refractivity contribution in [2.45, 2.75) is 32.2 Å². The topological polar surface area (TPSA) is 67.3 Å². The molecule has 1 aliphatic heterocycles. The smallest absolute Gasteiger partial charge is 0.130 e. The van der Waals surface area contributed by atoms with Crippen molar-refractivity contribution < 1.29 is 9.84 Å². The summed E-state index contributed by atoms with van der Waals surface area (Å²) in [5.74, 6) is 1.53. The Bertz CT molecular complexity index is 369. The Morgan fingerprint density at radius 2 is 2.06 bits per heavy atom. The van der Waals surface area contributed by atoms with Gasteiger partial charge in [0.05, 0.1) is 12.1 Å². The Labute approximate surface area is 101 Å². The number of hydrogen-bond acceptors (Lipinski definition) is 5. The zero-order valence-corrected chi connectivity index (χ0v) is 10.4. The Hall–Kier alpha value is -1.20. The second kappa shape index (κ2) is 4.98. The molecule has 1 saturated heterocycles. The minimum atomic E-state index is -0.300. The van der Waals surface area contributed by atoms with E-state index < -0.39 is 0 Å². The molecule has 1 fully saturated rings. The van der Waals surface area contributed by atoms with E-state index in [1.54, 1.807) is 0 Å². The van der Waals surface area contributed by atoms with Crippen molar-refractivity contribution in [3.05, 3.63) is 17.6 Å². The summed E-state index contributed by atoms with van der Waals surface area (Å²) in [5, 5.41) is 12.9. The third-order valence-corrected chi connectivity index (χ3v) is 3.11. The molecule has 0 aromatic carbocycles. The lowest BCUT2D eigenvalue weighted by molar-refractivity contribution is 0.0378. The molecule has 5 nitrogen and oxygen atoms in total. The molecule has 0 amide bonds. The van der Waals surface area contributed by atoms with E-state index in [1.165, 1.54) is 0 Å². The fraction of sp³-hybridized carbons (Fsp3) is 0.667. The minimum Gasteiger partial charge on any atom is -0.394 e. The Morgan fingerprint density at radius 1 is 1.35 bits per heavy atom. The van der Waals surface area contributed by atoms with Crippen molar-refractivity contribution in [1.82, 2.24) is 9.97 Å². The van der Waals surface area contributed by atoms with Gasteiger partial charge in [-0.2, -0.15) is 0 Å². The van der Waals surface area contributed by atoms with Gasteiger partial charge in [0.25, 0.3) is 0 Å². The number of hydrogen-bond donors (Lipinski definition) is 2. The number of ether oxygens (including phenoxy) is 1. The van der Waals surface area contributed by atoms with Gasteiger partial charge in [-0.25, -0.2) is 9.97 Å². The summed E-state index contributed by atoms with van der Waals surface area (Å²) in [5.41, 5.74) is 0.631. The molecule has 94 valence electrons. The number of nitrogens with one attached hydrogen (secondary N) is 1. The maximum absolute atomic E-state index is 9.58. The zero-order valence-electron chi connectivity index (χ0n) is 10.4. The Balaban J connectivity index is 2.17. The minimum absolute atomic E-state index is 0.0957. The van der Waals surface area contributed by atoms with Gasteiger partial charge in [0.1, 0.15) is 11.6 Å². The summed E-state index contributed by atoms with van der Waals surface area (Å²) in [4.78, 5) is 8.58. The van der Waals surface area contributed by atoms with Crippen LogP contribution in [0.2, 0.25) is 0 Å². The molecule has 0 saturated carbocycles. The molecule has 0 radical (unpaired) electrons. The summed E-state index contributed by atoms with van der Waals surface area (Å²) in [7, 11) is 0. The first-order valence-corrected chi connectivity index (χ1v) is 5.93. The summed E-state index contributed by atoms with van der Waals surface area (Å²) in [6, 6.07) is 1.90. The van der Waals surface area contributed by atoms with Gasteiger partial charge in [0.15, 0.2) is 0 Å². The molecule has 1 aliphatic rings. The van der Waals surface area contributed by atoms with Gasteiger partial charge in [0.2, 0.25) is 0 Å². The molecule has 0 aliphatic carbocycles. The van der Waals surface area contributed by atoms with Crippen molar-refractivity contribution >= 4 is 5.82 Å². The van der Waals surface area contributed by atoms with Crippen LogP contribution in [0, 0.1) is 13.8 Å². The third kappa shape index (κ3) is 2.92. The predicted molar refractivity (Wildman–Crippen MR) is 65.0 cm³/mol. The van der Waals surface area contributed by atoms with E-state index in [9.17, 15) is 5.11 Å². The van der Waals surface area contributed by atoms with Gasteiger partial charge >= 0.3 is 0 Å². The van der Waals surface area contributed by atoms with Crippen LogP contribution >= 0.6 is 0 Å². The fourth-order valence-electron chi connectivity index (χ4n) is 2.14. The predicted octanol–water partition coefficient (Wildman–Crippen LogP) is 1.05. The van der Waals surface area contributed by atoms with Gasteiger partial charge in [-0.1, -0.05) is 0 Å². The zero-order chi connectivity index (χ0) is 12.3. The standard InChI is InChI=1S/C12H19N3O2/c1-9-7-11(14-10(2)13-9)15-12(8-16)3-5-17-6-4-12/h7,16H,3-6,8H2,1-2H3,(H,13,14,15). The third-order valence-electron chi connectivity index (χ3n) is 3.11. The molecule has 0 atom stereocenters. The van der Waals surface area contributed by atoms with Crippen LogP contribution in [0.1, 0.15) is 24.4 Å². The van der Waals surface area contributed by atoms with Crippen molar-refractivity contribution in [2.75, 3.05) is 25.1 Å². The van der Waals surface area contributed by atoms with Crippen LogP contribution in [0.5, 0.6) is 0 Å². The van der Waals surface area contributed by atoms with Gasteiger partial charge in [-0.3, -0.25) is 0 Å². The van der Waals surface area contributed by atoms with Gasteiger partial charge in [-0.15, -0.1) is 0 Å². The quantitative estimate of drug-likeness (QED) is 0.822. The lowest BCUT2D eigenvalue weighted by Gasteiger charge is -2.36. The average Bonchev–Trinajstić information content (AvgIpc) is 2.29. The maximum Gasteiger partial charge on any atom is 0.130 e. The highest BCUT2D eigenvalue weighted by Gasteiger charge is 2.32. The molecule has 2 heterocycles. The van der Waals surface area contributed by atoms with E-state index in [0.717, 1.165) is 30.2 Å². The van der Waals surface area contributed by atoms with Crippen molar-refractivity contribution in [2.24, 2.45) is 0 Å². The monoisotopic (exact) mass is 237 g/mol. The molecule has 2 N–H and O–H groups in total. The number of nitrogens with zero attached hydrogens (tertiary/aromatic N) is 2. The van der Waals surface area contributed by atoms with E-state index >= 15 is 0 Å². The number of anilines is 1. The van der Waals surface area contributed by atoms with Crippen LogP contribution in [0.3, 0.4) is 0 Å². The summed E-state index contributed by atoms with van der Waals surface area (Å²) < 4.78 is 5.33. The normalized spacial score (nSPS) is 19.0. The fourth-order valence-corrected chi connectivity index (χ4v) is 2.14. The van der Waals surface area contributed by atoms with E-state index in [0.29, 0.717) is 13.2 Å². The average molecular weight is 237 g/mol. The van der Waals surface area contributed by atoms with Crippen LogP contribution < -0.4 is 5.32 Å². The van der Waals surface area contributed by atoms with Crippen LogP contribution in [-0.2, 0) is 4.74 Å². The number of aliphatic hydroxyl groups excluding tert-OH is 1. The van der Waals surface area contributed by atoms with Gasteiger partial charge in [0, 0.05) is 25.0 Å². The van der Waals surface area contributed by atoms with Gasteiger partial charge in [-0.05, 0) is 26.7 Å².